The number of halogens is 2. The number of anilines is 2. The summed E-state index contributed by atoms with van der Waals surface area (Å²) in [5.74, 6) is -0.172. The maximum absolute atomic E-state index is 12.2. The molecule has 0 spiro atoms. The molecular formula is C19H22Cl2N2O3S. The zero-order valence-electron chi connectivity index (χ0n) is 15.4. The molecule has 5 nitrogen and oxygen atoms in total. The minimum atomic E-state index is -3.57. The van der Waals surface area contributed by atoms with Gasteiger partial charge in [0.05, 0.1) is 17.0 Å². The molecule has 8 heteroatoms. The van der Waals surface area contributed by atoms with Gasteiger partial charge >= 0.3 is 0 Å². The van der Waals surface area contributed by atoms with Crippen LogP contribution in [0.2, 0.25) is 10.0 Å². The van der Waals surface area contributed by atoms with Crippen LogP contribution in [-0.2, 0) is 14.8 Å². The maximum atomic E-state index is 12.2. The highest BCUT2D eigenvalue weighted by Gasteiger charge is 2.20. The Kier molecular flexibility index (Phi) is 7.14. The smallest absolute Gasteiger partial charge is 0.232 e. The summed E-state index contributed by atoms with van der Waals surface area (Å²) in [6.45, 7) is 3.99. The van der Waals surface area contributed by atoms with Crippen LogP contribution in [0.5, 0.6) is 0 Å². The Morgan fingerprint density at radius 2 is 1.81 bits per heavy atom. The van der Waals surface area contributed by atoms with E-state index in [1.165, 1.54) is 10.4 Å². The molecular weight excluding hydrogens is 407 g/mol. The van der Waals surface area contributed by atoms with Gasteiger partial charge in [-0.05, 0) is 55.7 Å². The summed E-state index contributed by atoms with van der Waals surface area (Å²) in [5.41, 5.74) is 3.09. The van der Waals surface area contributed by atoms with E-state index in [0.29, 0.717) is 17.1 Å². The molecule has 0 aliphatic heterocycles. The van der Waals surface area contributed by atoms with Crippen LogP contribution in [0.1, 0.15) is 24.0 Å². The highest BCUT2D eigenvalue weighted by atomic mass is 35.5. The zero-order chi connectivity index (χ0) is 20.2. The second-order valence-electron chi connectivity index (χ2n) is 6.40. The Bertz CT molecular complexity index is 946. The number of nitrogens with one attached hydrogen (secondary N) is 1. The van der Waals surface area contributed by atoms with Crippen LogP contribution in [0.15, 0.2) is 36.4 Å². The minimum Gasteiger partial charge on any atom is -0.326 e. The summed E-state index contributed by atoms with van der Waals surface area (Å²) < 4.78 is 25.5. The van der Waals surface area contributed by atoms with Gasteiger partial charge in [0.15, 0.2) is 0 Å². The van der Waals surface area contributed by atoms with Gasteiger partial charge in [-0.15, -0.1) is 0 Å². The lowest BCUT2D eigenvalue weighted by Crippen LogP contribution is -2.31. The van der Waals surface area contributed by atoms with Gasteiger partial charge in [-0.25, -0.2) is 8.42 Å². The largest absolute Gasteiger partial charge is 0.326 e. The van der Waals surface area contributed by atoms with Gasteiger partial charge in [0.1, 0.15) is 0 Å². The molecule has 0 unspecified atom stereocenters. The topological polar surface area (TPSA) is 66.5 Å². The predicted molar refractivity (Wildman–Crippen MR) is 112 cm³/mol. The fraction of sp³-hybridized carbons (Fsp3) is 0.316. The number of aryl methyl sites for hydroxylation is 2. The number of carbonyl (C=O) groups excluding carboxylic acids is 1. The third-order valence-electron chi connectivity index (χ3n) is 4.01. The Labute approximate surface area is 170 Å². The van der Waals surface area contributed by atoms with Crippen molar-refractivity contribution < 1.29 is 13.2 Å². The highest BCUT2D eigenvalue weighted by molar-refractivity contribution is 7.92. The zero-order valence-corrected chi connectivity index (χ0v) is 17.7. The highest BCUT2D eigenvalue weighted by Crippen LogP contribution is 2.31. The molecule has 0 fully saturated rings. The van der Waals surface area contributed by atoms with E-state index in [1.54, 1.807) is 12.1 Å². The summed E-state index contributed by atoms with van der Waals surface area (Å²) in [7, 11) is -3.57. The molecule has 0 heterocycles. The molecule has 1 N–H and O–H groups in total. The normalized spacial score (nSPS) is 11.3. The average molecular weight is 429 g/mol. The minimum absolute atomic E-state index is 0.124. The second-order valence-corrected chi connectivity index (χ2v) is 9.15. The van der Waals surface area contributed by atoms with Gasteiger partial charge in [-0.2, -0.15) is 0 Å². The van der Waals surface area contributed by atoms with Gasteiger partial charge in [0.2, 0.25) is 15.9 Å². The molecule has 0 aromatic heterocycles. The third-order valence-corrected chi connectivity index (χ3v) is 5.74. The third kappa shape index (κ3) is 6.13. The second kappa shape index (κ2) is 8.95. The van der Waals surface area contributed by atoms with Crippen molar-refractivity contribution in [2.75, 3.05) is 22.4 Å². The lowest BCUT2D eigenvalue weighted by molar-refractivity contribution is -0.116. The predicted octanol–water partition coefficient (Wildman–Crippen LogP) is 4.80. The van der Waals surface area contributed by atoms with Crippen LogP contribution in [0.25, 0.3) is 0 Å². The van der Waals surface area contributed by atoms with E-state index in [9.17, 15) is 13.2 Å². The number of amides is 1. The first-order valence-electron chi connectivity index (χ1n) is 8.38. The van der Waals surface area contributed by atoms with E-state index < -0.39 is 10.0 Å². The number of sulfonamides is 1. The molecule has 0 saturated heterocycles. The molecule has 2 aromatic rings. The van der Waals surface area contributed by atoms with E-state index in [-0.39, 0.29) is 23.9 Å². The van der Waals surface area contributed by atoms with Crippen molar-refractivity contribution in [3.63, 3.8) is 0 Å². The van der Waals surface area contributed by atoms with Gasteiger partial charge in [-0.1, -0.05) is 35.3 Å². The molecule has 146 valence electrons. The summed E-state index contributed by atoms with van der Waals surface area (Å²) in [4.78, 5) is 12.2. The van der Waals surface area contributed by atoms with Crippen molar-refractivity contribution >= 4 is 50.5 Å². The van der Waals surface area contributed by atoms with E-state index >= 15 is 0 Å². The Hall–Kier alpha value is -1.76. The summed E-state index contributed by atoms with van der Waals surface area (Å²) in [5, 5.41) is 3.54. The first kappa shape index (κ1) is 21.5. The lowest BCUT2D eigenvalue weighted by Gasteiger charge is -2.23. The first-order chi connectivity index (χ1) is 12.6. The quantitative estimate of drug-likeness (QED) is 0.688. The number of carbonyl (C=O) groups is 1. The summed E-state index contributed by atoms with van der Waals surface area (Å²) >= 11 is 12.1. The number of benzene rings is 2. The van der Waals surface area contributed by atoms with Crippen molar-refractivity contribution in [3.8, 4) is 0 Å². The SMILES string of the molecule is Cc1ccc(C)c(NC(=O)CCCN(c2cc(Cl)ccc2Cl)S(C)(=O)=O)c1. The van der Waals surface area contributed by atoms with Gasteiger partial charge < -0.3 is 5.32 Å². The standard InChI is InChI=1S/C19H22Cl2N2O3S/c1-13-6-7-14(2)17(11-13)22-19(24)5-4-10-23(27(3,25)26)18-12-15(20)8-9-16(18)21/h6-9,11-12H,4-5,10H2,1-3H3,(H,22,24). The van der Waals surface area contributed by atoms with Gasteiger partial charge in [-0.3, -0.25) is 9.10 Å². The Morgan fingerprint density at radius 1 is 1.11 bits per heavy atom. The molecule has 2 rings (SSSR count). The van der Waals surface area contributed by atoms with E-state index in [2.05, 4.69) is 5.32 Å². The van der Waals surface area contributed by atoms with Crippen molar-refractivity contribution in [1.29, 1.82) is 0 Å². The number of rotatable bonds is 7. The van der Waals surface area contributed by atoms with E-state index in [0.717, 1.165) is 23.1 Å². The molecule has 0 bridgehead atoms. The van der Waals surface area contributed by atoms with Crippen molar-refractivity contribution in [2.45, 2.75) is 26.7 Å². The average Bonchev–Trinajstić information content (AvgIpc) is 2.56. The van der Waals surface area contributed by atoms with Crippen molar-refractivity contribution in [1.82, 2.24) is 0 Å². The Morgan fingerprint density at radius 3 is 2.48 bits per heavy atom. The van der Waals surface area contributed by atoms with Crippen LogP contribution in [0.4, 0.5) is 11.4 Å². The van der Waals surface area contributed by atoms with E-state index in [1.807, 2.05) is 32.0 Å². The number of hydrogen-bond acceptors (Lipinski definition) is 3. The lowest BCUT2D eigenvalue weighted by atomic mass is 10.1. The Balaban J connectivity index is 2.05. The number of hydrogen-bond donors (Lipinski definition) is 1. The molecule has 0 radical (unpaired) electrons. The van der Waals surface area contributed by atoms with Crippen LogP contribution in [-0.4, -0.2) is 27.1 Å². The fourth-order valence-electron chi connectivity index (χ4n) is 2.61. The maximum Gasteiger partial charge on any atom is 0.232 e. The summed E-state index contributed by atoms with van der Waals surface area (Å²) in [6.07, 6.45) is 1.62. The van der Waals surface area contributed by atoms with E-state index in [4.69, 9.17) is 23.2 Å². The fourth-order valence-corrected chi connectivity index (χ4v) is 4.01. The van der Waals surface area contributed by atoms with Crippen LogP contribution in [0, 0.1) is 13.8 Å². The first-order valence-corrected chi connectivity index (χ1v) is 11.0. The van der Waals surface area contributed by atoms with Gasteiger partial charge in [0.25, 0.3) is 0 Å². The van der Waals surface area contributed by atoms with Crippen LogP contribution >= 0.6 is 23.2 Å². The van der Waals surface area contributed by atoms with Crippen LogP contribution in [0.3, 0.4) is 0 Å². The number of nitrogens with zero attached hydrogens (tertiary/aromatic N) is 1. The molecule has 0 saturated carbocycles. The molecule has 0 atom stereocenters. The molecule has 2 aromatic carbocycles. The van der Waals surface area contributed by atoms with Gasteiger partial charge in [0, 0.05) is 23.7 Å². The summed E-state index contributed by atoms with van der Waals surface area (Å²) in [6, 6.07) is 10.5. The van der Waals surface area contributed by atoms with Crippen molar-refractivity contribution in [3.05, 3.63) is 57.6 Å². The molecule has 0 aliphatic carbocycles. The van der Waals surface area contributed by atoms with Crippen LogP contribution < -0.4 is 9.62 Å². The van der Waals surface area contributed by atoms with Crippen molar-refractivity contribution in [2.24, 2.45) is 0 Å². The monoisotopic (exact) mass is 428 g/mol. The molecule has 0 aliphatic rings. The molecule has 27 heavy (non-hydrogen) atoms. The molecule has 1 amide bonds.